The molecule has 4 heteroatoms. The number of rotatable bonds is 3. The van der Waals surface area contributed by atoms with E-state index < -0.39 is 0 Å². The van der Waals surface area contributed by atoms with Crippen molar-refractivity contribution >= 4 is 12.6 Å². The summed E-state index contributed by atoms with van der Waals surface area (Å²) in [7, 11) is -0.287. The number of hydrogen-bond donors (Lipinski definition) is 1. The molecule has 1 heterocycles. The summed E-state index contributed by atoms with van der Waals surface area (Å²) < 4.78 is 12.2. The summed E-state index contributed by atoms with van der Waals surface area (Å²) in [5.74, 6) is 0. The van der Waals surface area contributed by atoms with E-state index in [2.05, 4.69) is 78.0 Å². The van der Waals surface area contributed by atoms with Crippen LogP contribution < -0.4 is 10.8 Å². The van der Waals surface area contributed by atoms with Crippen LogP contribution in [0.5, 0.6) is 0 Å². The van der Waals surface area contributed by atoms with Gasteiger partial charge in [-0.25, -0.2) is 0 Å². The molecule has 1 aromatic rings. The summed E-state index contributed by atoms with van der Waals surface area (Å²) >= 11 is 0. The lowest BCUT2D eigenvalue weighted by Crippen LogP contribution is -2.41. The molecule has 1 saturated heterocycles. The molecule has 0 amide bonds. The van der Waals surface area contributed by atoms with Crippen molar-refractivity contribution in [3.05, 3.63) is 29.8 Å². The molecule has 0 radical (unpaired) electrons. The van der Waals surface area contributed by atoms with Crippen molar-refractivity contribution in [2.24, 2.45) is 0 Å². The van der Waals surface area contributed by atoms with Crippen molar-refractivity contribution in [3.63, 3.8) is 0 Å². The largest absolute Gasteiger partial charge is 0.494 e. The third-order valence-electron chi connectivity index (χ3n) is 4.30. The molecule has 0 saturated carbocycles. The molecule has 0 bridgehead atoms. The highest BCUT2D eigenvalue weighted by molar-refractivity contribution is 6.62. The fourth-order valence-corrected chi connectivity index (χ4v) is 2.20. The molecule has 2 rings (SSSR count). The lowest BCUT2D eigenvalue weighted by Gasteiger charge is -2.32. The molecule has 0 aliphatic carbocycles. The summed E-state index contributed by atoms with van der Waals surface area (Å²) in [4.78, 5) is 0. The minimum absolute atomic E-state index is 0.111. The second-order valence-electron chi connectivity index (χ2n) is 7.94. The Labute approximate surface area is 129 Å². The maximum atomic E-state index is 6.11. The first-order chi connectivity index (χ1) is 9.50. The topological polar surface area (TPSA) is 30.5 Å². The quantitative estimate of drug-likeness (QED) is 0.868. The van der Waals surface area contributed by atoms with Crippen molar-refractivity contribution in [1.82, 2.24) is 5.32 Å². The first-order valence-electron chi connectivity index (χ1n) is 7.70. The van der Waals surface area contributed by atoms with E-state index in [9.17, 15) is 0 Å². The summed E-state index contributed by atoms with van der Waals surface area (Å²) in [6.45, 7) is 15.7. The fourth-order valence-electron chi connectivity index (χ4n) is 2.20. The van der Waals surface area contributed by atoms with Gasteiger partial charge in [-0.15, -0.1) is 0 Å². The standard InChI is InChI=1S/C17H28BNO2/c1-15(2,3)19-12-13-9-8-10-14(11-13)18-20-16(4,5)17(6,7)21-18/h8-11,19H,12H2,1-7H3. The smallest absolute Gasteiger partial charge is 0.399 e. The zero-order valence-electron chi connectivity index (χ0n) is 14.4. The molecule has 1 aliphatic rings. The van der Waals surface area contributed by atoms with Crippen molar-refractivity contribution in [2.75, 3.05) is 0 Å². The van der Waals surface area contributed by atoms with Gasteiger partial charge in [-0.05, 0) is 59.5 Å². The highest BCUT2D eigenvalue weighted by Gasteiger charge is 2.51. The van der Waals surface area contributed by atoms with Gasteiger partial charge in [0.15, 0.2) is 0 Å². The summed E-state index contributed by atoms with van der Waals surface area (Å²) in [6, 6.07) is 8.44. The predicted octanol–water partition coefficient (Wildman–Crippen LogP) is 2.87. The van der Waals surface area contributed by atoms with Gasteiger partial charge < -0.3 is 14.6 Å². The molecule has 0 unspecified atom stereocenters. The summed E-state index contributed by atoms with van der Waals surface area (Å²) in [5, 5.41) is 3.51. The number of hydrogen-bond acceptors (Lipinski definition) is 3. The molecule has 1 aromatic carbocycles. The van der Waals surface area contributed by atoms with E-state index in [1.54, 1.807) is 0 Å². The molecule has 21 heavy (non-hydrogen) atoms. The predicted molar refractivity (Wildman–Crippen MR) is 88.8 cm³/mol. The third kappa shape index (κ3) is 3.88. The summed E-state index contributed by atoms with van der Waals surface area (Å²) in [5.41, 5.74) is 1.86. The molecule has 1 N–H and O–H groups in total. The second kappa shape index (κ2) is 5.42. The Morgan fingerprint density at radius 2 is 1.62 bits per heavy atom. The first-order valence-corrected chi connectivity index (χ1v) is 7.70. The molecule has 1 fully saturated rings. The lowest BCUT2D eigenvalue weighted by molar-refractivity contribution is 0.00578. The van der Waals surface area contributed by atoms with Gasteiger partial charge in [-0.3, -0.25) is 0 Å². The van der Waals surface area contributed by atoms with E-state index in [0.717, 1.165) is 12.0 Å². The van der Waals surface area contributed by atoms with E-state index in [-0.39, 0.29) is 23.9 Å². The van der Waals surface area contributed by atoms with Gasteiger partial charge in [0.2, 0.25) is 0 Å². The first kappa shape index (κ1) is 16.5. The van der Waals surface area contributed by atoms with Gasteiger partial charge in [0.05, 0.1) is 11.2 Å². The molecule has 1 aliphatic heterocycles. The molecular weight excluding hydrogens is 261 g/mol. The van der Waals surface area contributed by atoms with E-state index in [4.69, 9.17) is 9.31 Å². The van der Waals surface area contributed by atoms with Gasteiger partial charge >= 0.3 is 7.12 Å². The minimum atomic E-state index is -0.294. The molecule has 116 valence electrons. The maximum absolute atomic E-state index is 6.11. The van der Waals surface area contributed by atoms with Crippen LogP contribution in [0.3, 0.4) is 0 Å². The average Bonchev–Trinajstić information content (AvgIpc) is 2.56. The van der Waals surface area contributed by atoms with E-state index in [1.165, 1.54) is 5.56 Å². The number of nitrogens with one attached hydrogen (secondary N) is 1. The van der Waals surface area contributed by atoms with E-state index in [1.807, 2.05) is 0 Å². The second-order valence-corrected chi connectivity index (χ2v) is 7.94. The monoisotopic (exact) mass is 289 g/mol. The van der Waals surface area contributed by atoms with E-state index >= 15 is 0 Å². The van der Waals surface area contributed by atoms with Crippen molar-refractivity contribution in [1.29, 1.82) is 0 Å². The molecular formula is C17H28BNO2. The highest BCUT2D eigenvalue weighted by Crippen LogP contribution is 2.36. The highest BCUT2D eigenvalue weighted by atomic mass is 16.7. The zero-order valence-corrected chi connectivity index (χ0v) is 14.4. The lowest BCUT2D eigenvalue weighted by atomic mass is 9.78. The van der Waals surface area contributed by atoms with Crippen LogP contribution in [0.15, 0.2) is 24.3 Å². The van der Waals surface area contributed by atoms with Gasteiger partial charge in [-0.1, -0.05) is 24.3 Å². The van der Waals surface area contributed by atoms with Crippen molar-refractivity contribution < 1.29 is 9.31 Å². The SMILES string of the molecule is CC(C)(C)NCc1cccc(B2OC(C)(C)C(C)(C)O2)c1. The normalized spacial score (nSPS) is 20.8. The Kier molecular flexibility index (Phi) is 4.27. The van der Waals surface area contributed by atoms with Gasteiger partial charge in [0.1, 0.15) is 0 Å². The van der Waals surface area contributed by atoms with Crippen LogP contribution in [0.4, 0.5) is 0 Å². The number of benzene rings is 1. The van der Waals surface area contributed by atoms with Crippen LogP contribution in [0.25, 0.3) is 0 Å². The zero-order chi connectivity index (χ0) is 15.9. The van der Waals surface area contributed by atoms with Crippen molar-refractivity contribution in [2.45, 2.75) is 71.8 Å². The average molecular weight is 289 g/mol. The Bertz CT molecular complexity index is 490. The molecule has 0 spiro atoms. The molecule has 0 aromatic heterocycles. The Morgan fingerprint density at radius 1 is 1.05 bits per heavy atom. The Hall–Kier alpha value is -0.835. The van der Waals surface area contributed by atoms with Crippen LogP contribution in [0.1, 0.15) is 54.0 Å². The Morgan fingerprint density at radius 3 is 2.14 bits per heavy atom. The van der Waals surface area contributed by atoms with Gasteiger partial charge in [-0.2, -0.15) is 0 Å². The van der Waals surface area contributed by atoms with Crippen LogP contribution in [0.2, 0.25) is 0 Å². The fraction of sp³-hybridized carbons (Fsp3) is 0.647. The van der Waals surface area contributed by atoms with Gasteiger partial charge in [0, 0.05) is 12.1 Å². The molecule has 3 nitrogen and oxygen atoms in total. The van der Waals surface area contributed by atoms with Crippen molar-refractivity contribution in [3.8, 4) is 0 Å². The minimum Gasteiger partial charge on any atom is -0.399 e. The van der Waals surface area contributed by atoms with Crippen LogP contribution in [-0.4, -0.2) is 23.9 Å². The third-order valence-corrected chi connectivity index (χ3v) is 4.30. The van der Waals surface area contributed by atoms with Gasteiger partial charge in [0.25, 0.3) is 0 Å². The summed E-state index contributed by atoms with van der Waals surface area (Å²) in [6.07, 6.45) is 0. The molecule has 0 atom stereocenters. The van der Waals surface area contributed by atoms with Crippen LogP contribution >= 0.6 is 0 Å². The maximum Gasteiger partial charge on any atom is 0.494 e. The Balaban J connectivity index is 2.12. The van der Waals surface area contributed by atoms with E-state index in [0.29, 0.717) is 0 Å². The van der Waals surface area contributed by atoms with Crippen LogP contribution in [-0.2, 0) is 15.9 Å². The van der Waals surface area contributed by atoms with Crippen LogP contribution in [0, 0.1) is 0 Å².